The van der Waals surface area contributed by atoms with Gasteiger partial charge in [0.05, 0.1) is 24.0 Å². The number of aliphatic hydroxyl groups excluding tert-OH is 2. The highest BCUT2D eigenvalue weighted by Crippen LogP contribution is 2.40. The summed E-state index contributed by atoms with van der Waals surface area (Å²) in [5, 5.41) is 24.4. The number of anilines is 1. The average molecular weight is 445 g/mol. The first-order valence-electron chi connectivity index (χ1n) is 10.3. The third kappa shape index (κ3) is 3.37. The Balaban J connectivity index is 1.53. The zero-order valence-electron chi connectivity index (χ0n) is 16.7. The molecular formula is C20H24N6O4S. The summed E-state index contributed by atoms with van der Waals surface area (Å²) in [7, 11) is -2.86. The Labute approximate surface area is 180 Å². The monoisotopic (exact) mass is 444 g/mol. The van der Waals surface area contributed by atoms with Crippen molar-refractivity contribution < 1.29 is 18.6 Å². The number of hydrogen-bond acceptors (Lipinski definition) is 8. The van der Waals surface area contributed by atoms with Crippen LogP contribution in [0.4, 0.5) is 5.82 Å². The number of aromatic nitrogens is 4. The number of rotatable bonds is 6. The quantitative estimate of drug-likeness (QED) is 0.341. The van der Waals surface area contributed by atoms with E-state index in [4.69, 9.17) is 0 Å². The summed E-state index contributed by atoms with van der Waals surface area (Å²) >= 11 is 0. The molecular weight excluding hydrogens is 420 g/mol. The smallest absolute Gasteiger partial charge is 0.201 e. The molecule has 3 unspecified atom stereocenters. The van der Waals surface area contributed by atoms with Crippen LogP contribution >= 0.6 is 0 Å². The summed E-state index contributed by atoms with van der Waals surface area (Å²) < 4.78 is 26.4. The lowest BCUT2D eigenvalue weighted by molar-refractivity contribution is -0.0124. The molecule has 31 heavy (non-hydrogen) atoms. The summed E-state index contributed by atoms with van der Waals surface area (Å²) in [5.41, 5.74) is 2.47. The second-order valence-electron chi connectivity index (χ2n) is 8.19. The van der Waals surface area contributed by atoms with Gasteiger partial charge in [0.1, 0.15) is 17.9 Å². The first-order chi connectivity index (χ1) is 15.0. The number of imidazole rings is 1. The van der Waals surface area contributed by atoms with Crippen molar-refractivity contribution >= 4 is 27.9 Å². The van der Waals surface area contributed by atoms with Crippen LogP contribution in [0.25, 0.3) is 11.2 Å². The van der Waals surface area contributed by atoms with E-state index in [1.807, 2.05) is 12.1 Å². The minimum atomic E-state index is -2.86. The third-order valence-electron chi connectivity index (χ3n) is 6.56. The summed E-state index contributed by atoms with van der Waals surface area (Å²) in [4.78, 5) is 13.3. The molecule has 0 bridgehead atoms. The van der Waals surface area contributed by atoms with Crippen LogP contribution in [-0.2, 0) is 22.8 Å². The van der Waals surface area contributed by atoms with E-state index in [1.54, 1.807) is 4.57 Å². The zero-order chi connectivity index (χ0) is 21.6. The summed E-state index contributed by atoms with van der Waals surface area (Å²) in [6, 6.07) is 8.41. The van der Waals surface area contributed by atoms with Crippen molar-refractivity contribution in [2.24, 2.45) is 0 Å². The molecule has 1 aromatic carbocycles. The molecule has 0 radical (unpaired) electrons. The lowest BCUT2D eigenvalue weighted by atomic mass is 9.94. The maximum atomic E-state index is 11.2. The van der Waals surface area contributed by atoms with Crippen LogP contribution in [0.15, 0.2) is 36.9 Å². The highest BCUT2D eigenvalue weighted by Gasteiger charge is 2.49. The molecule has 1 saturated carbocycles. The Bertz CT molecular complexity index is 1190. The van der Waals surface area contributed by atoms with Crippen molar-refractivity contribution in [3.8, 4) is 0 Å². The van der Waals surface area contributed by atoms with E-state index < -0.39 is 28.6 Å². The Kier molecular flexibility index (Phi) is 5.13. The van der Waals surface area contributed by atoms with Gasteiger partial charge in [-0.3, -0.25) is 0 Å². The fourth-order valence-corrected chi connectivity index (χ4v) is 5.35. The third-order valence-corrected chi connectivity index (χ3v) is 6.98. The summed E-state index contributed by atoms with van der Waals surface area (Å²) in [5.74, 6) is 0.580. The molecule has 10 nitrogen and oxygen atoms in total. The maximum absolute atomic E-state index is 11.2. The predicted molar refractivity (Wildman–Crippen MR) is 114 cm³/mol. The van der Waals surface area contributed by atoms with E-state index in [1.165, 1.54) is 23.8 Å². The molecule has 0 amide bonds. The Morgan fingerprint density at radius 2 is 2.00 bits per heavy atom. The zero-order valence-corrected chi connectivity index (χ0v) is 17.6. The van der Waals surface area contributed by atoms with Crippen LogP contribution in [-0.4, -0.2) is 56.9 Å². The van der Waals surface area contributed by atoms with E-state index in [9.17, 15) is 18.6 Å². The average Bonchev–Trinajstić information content (AvgIpc) is 3.46. The van der Waals surface area contributed by atoms with Gasteiger partial charge in [-0.15, -0.1) is 0 Å². The van der Waals surface area contributed by atoms with Crippen molar-refractivity contribution in [1.29, 1.82) is 0 Å². The molecule has 2 heterocycles. The van der Waals surface area contributed by atoms with Crippen molar-refractivity contribution in [1.82, 2.24) is 24.2 Å². The van der Waals surface area contributed by atoms with Gasteiger partial charge in [0, 0.05) is 6.54 Å². The van der Waals surface area contributed by atoms with Crippen LogP contribution in [0.3, 0.4) is 0 Å². The van der Waals surface area contributed by atoms with Gasteiger partial charge in [-0.2, -0.15) is 0 Å². The van der Waals surface area contributed by atoms with Crippen LogP contribution < -0.4 is 10.0 Å². The second kappa shape index (κ2) is 7.83. The Hall–Kier alpha value is -2.60. The molecule has 11 heteroatoms. The fraction of sp³-hybridized carbons (Fsp3) is 0.450. The molecule has 2 aliphatic rings. The first-order valence-corrected chi connectivity index (χ1v) is 11.4. The molecule has 0 spiro atoms. The van der Waals surface area contributed by atoms with E-state index in [-0.39, 0.29) is 12.6 Å². The van der Waals surface area contributed by atoms with Gasteiger partial charge in [0.2, 0.25) is 10.9 Å². The van der Waals surface area contributed by atoms with Crippen molar-refractivity contribution in [3.05, 3.63) is 48.0 Å². The number of fused-ring (bicyclic) bond motifs is 2. The van der Waals surface area contributed by atoms with E-state index >= 15 is 0 Å². The Morgan fingerprint density at radius 3 is 2.77 bits per heavy atom. The lowest BCUT2D eigenvalue weighted by Gasteiger charge is -2.34. The fourth-order valence-electron chi connectivity index (χ4n) is 4.94. The predicted octanol–water partition coefficient (Wildman–Crippen LogP) is 0.253. The molecule has 1 fully saturated rings. The standard InChI is InChI=1S/C20H24N6O4S/c27-15-7-8-20(17(15)28,9-24-31(29)30)26-11-23-16-18(21-10-22-19(16)26)25-14-6-5-12-3-1-2-4-13(12)14/h1-4,10-11,14-15,17,27-28,31H,5-9H2,(H,21,22,25)(H,24,29,30)/t14-,15?,17?,20?/m0/s1. The highest BCUT2D eigenvalue weighted by molar-refractivity contribution is 7.70. The van der Waals surface area contributed by atoms with Gasteiger partial charge in [-0.05, 0) is 36.8 Å². The molecule has 4 atom stereocenters. The first kappa shape index (κ1) is 20.3. The number of aryl methyl sites for hydroxylation is 1. The molecule has 164 valence electrons. The van der Waals surface area contributed by atoms with Crippen LogP contribution in [0.2, 0.25) is 0 Å². The lowest BCUT2D eigenvalue weighted by Crippen LogP contribution is -2.51. The van der Waals surface area contributed by atoms with E-state index in [2.05, 4.69) is 37.1 Å². The summed E-state index contributed by atoms with van der Waals surface area (Å²) in [6.07, 6.45) is 3.49. The number of thiol groups is 1. The maximum Gasteiger partial charge on any atom is 0.201 e. The van der Waals surface area contributed by atoms with Crippen molar-refractivity contribution in [3.63, 3.8) is 0 Å². The van der Waals surface area contributed by atoms with Crippen LogP contribution in [0.1, 0.15) is 36.4 Å². The summed E-state index contributed by atoms with van der Waals surface area (Å²) in [6.45, 7) is -0.0713. The molecule has 2 aliphatic carbocycles. The minimum absolute atomic E-state index is 0.0713. The molecule has 4 N–H and O–H groups in total. The van der Waals surface area contributed by atoms with E-state index in [0.717, 1.165) is 12.8 Å². The molecule has 5 rings (SSSR count). The van der Waals surface area contributed by atoms with E-state index in [0.29, 0.717) is 29.8 Å². The van der Waals surface area contributed by atoms with Crippen molar-refractivity contribution in [2.75, 3.05) is 11.9 Å². The Morgan fingerprint density at radius 1 is 1.16 bits per heavy atom. The molecule has 0 saturated heterocycles. The van der Waals surface area contributed by atoms with Gasteiger partial charge in [-0.1, -0.05) is 24.3 Å². The number of nitrogens with zero attached hydrogens (tertiary/aromatic N) is 4. The number of hydrogen-bond donors (Lipinski definition) is 5. The highest BCUT2D eigenvalue weighted by atomic mass is 32.2. The van der Waals surface area contributed by atoms with Crippen LogP contribution in [0, 0.1) is 0 Å². The molecule has 0 aliphatic heterocycles. The van der Waals surface area contributed by atoms with Crippen molar-refractivity contribution in [2.45, 2.75) is 49.5 Å². The largest absolute Gasteiger partial charge is 0.390 e. The number of aliphatic hydroxyl groups is 2. The SMILES string of the molecule is O=[SH](=O)NCC1(n2cnc3c(N[C@H]4CCc5ccccc54)ncnc32)CCC(O)C1O. The number of nitrogens with one attached hydrogen (secondary N) is 2. The normalized spacial score (nSPS) is 27.8. The minimum Gasteiger partial charge on any atom is -0.390 e. The van der Waals surface area contributed by atoms with Gasteiger partial charge in [-0.25, -0.2) is 28.1 Å². The van der Waals surface area contributed by atoms with Gasteiger partial charge in [0.25, 0.3) is 0 Å². The molecule has 2 aromatic heterocycles. The van der Waals surface area contributed by atoms with Gasteiger partial charge >= 0.3 is 0 Å². The number of benzene rings is 1. The molecule has 3 aromatic rings. The van der Waals surface area contributed by atoms with Gasteiger partial charge in [0.15, 0.2) is 11.5 Å². The topological polar surface area (TPSA) is 142 Å². The van der Waals surface area contributed by atoms with Crippen LogP contribution in [0.5, 0.6) is 0 Å². The second-order valence-corrected chi connectivity index (χ2v) is 9.02. The van der Waals surface area contributed by atoms with Gasteiger partial charge < -0.3 is 20.1 Å².